The Balaban J connectivity index is 1.88. The number of imidazole rings is 1. The fraction of sp³-hybridized carbons (Fsp3) is 0.357. The molecule has 1 aromatic carbocycles. The molecule has 0 aliphatic carbocycles. The van der Waals surface area contributed by atoms with Gasteiger partial charge in [-0.3, -0.25) is 0 Å². The van der Waals surface area contributed by atoms with Crippen molar-refractivity contribution in [3.8, 4) is 5.75 Å². The smallest absolute Gasteiger partial charge is 0.146 e. The van der Waals surface area contributed by atoms with Crippen LogP contribution < -0.4 is 10.1 Å². The summed E-state index contributed by atoms with van der Waals surface area (Å²) in [6, 6.07) is 8.15. The minimum atomic E-state index is 0.496. The van der Waals surface area contributed by atoms with E-state index in [2.05, 4.69) is 29.4 Å². The van der Waals surface area contributed by atoms with Gasteiger partial charge in [-0.25, -0.2) is 4.98 Å². The van der Waals surface area contributed by atoms with Crippen LogP contribution in [0.15, 0.2) is 36.7 Å². The number of benzene rings is 1. The highest BCUT2D eigenvalue weighted by molar-refractivity contribution is 5.27. The van der Waals surface area contributed by atoms with Crippen molar-refractivity contribution in [3.05, 3.63) is 48.0 Å². The van der Waals surface area contributed by atoms with Gasteiger partial charge in [0.15, 0.2) is 0 Å². The maximum atomic E-state index is 5.69. The van der Waals surface area contributed by atoms with E-state index in [9.17, 15) is 0 Å². The highest BCUT2D eigenvalue weighted by Gasteiger charge is 2.00. The summed E-state index contributed by atoms with van der Waals surface area (Å²) in [5, 5.41) is 3.29. The van der Waals surface area contributed by atoms with Crippen LogP contribution in [-0.2, 0) is 20.2 Å². The first-order chi connectivity index (χ1) is 8.79. The fourth-order valence-electron chi connectivity index (χ4n) is 1.66. The third-order valence-corrected chi connectivity index (χ3v) is 2.79. The van der Waals surface area contributed by atoms with Crippen molar-refractivity contribution in [3.63, 3.8) is 0 Å². The second-order valence-electron chi connectivity index (χ2n) is 4.17. The maximum absolute atomic E-state index is 5.69. The summed E-state index contributed by atoms with van der Waals surface area (Å²) >= 11 is 0. The van der Waals surface area contributed by atoms with Crippen LogP contribution in [0.1, 0.15) is 18.3 Å². The molecule has 4 nitrogen and oxygen atoms in total. The third-order valence-electron chi connectivity index (χ3n) is 2.79. The van der Waals surface area contributed by atoms with Gasteiger partial charge in [-0.1, -0.05) is 19.1 Å². The zero-order valence-electron chi connectivity index (χ0n) is 10.9. The van der Waals surface area contributed by atoms with E-state index >= 15 is 0 Å². The van der Waals surface area contributed by atoms with Crippen molar-refractivity contribution in [2.24, 2.45) is 7.05 Å². The summed E-state index contributed by atoms with van der Waals surface area (Å²) < 4.78 is 7.64. The first-order valence-electron chi connectivity index (χ1n) is 6.18. The first kappa shape index (κ1) is 12.6. The SMILES string of the molecule is CCNCc1ccc(OCc2nccn2C)cc1. The number of rotatable bonds is 6. The van der Waals surface area contributed by atoms with Crippen molar-refractivity contribution in [2.45, 2.75) is 20.1 Å². The topological polar surface area (TPSA) is 39.1 Å². The quantitative estimate of drug-likeness (QED) is 0.847. The van der Waals surface area contributed by atoms with Gasteiger partial charge in [0.05, 0.1) is 0 Å². The van der Waals surface area contributed by atoms with E-state index in [1.165, 1.54) is 5.56 Å². The Morgan fingerprint density at radius 3 is 2.67 bits per heavy atom. The molecular weight excluding hydrogens is 226 g/mol. The lowest BCUT2D eigenvalue weighted by atomic mass is 10.2. The summed E-state index contributed by atoms with van der Waals surface area (Å²) in [4.78, 5) is 4.22. The van der Waals surface area contributed by atoms with Crippen LogP contribution in [0.25, 0.3) is 0 Å². The lowest BCUT2D eigenvalue weighted by Crippen LogP contribution is -2.11. The minimum Gasteiger partial charge on any atom is -0.486 e. The molecule has 18 heavy (non-hydrogen) atoms. The lowest BCUT2D eigenvalue weighted by molar-refractivity contribution is 0.291. The van der Waals surface area contributed by atoms with Gasteiger partial charge in [0.2, 0.25) is 0 Å². The molecule has 0 saturated heterocycles. The molecule has 1 heterocycles. The summed E-state index contributed by atoms with van der Waals surface area (Å²) in [5.74, 6) is 1.80. The monoisotopic (exact) mass is 245 g/mol. The van der Waals surface area contributed by atoms with E-state index in [-0.39, 0.29) is 0 Å². The molecule has 4 heteroatoms. The Kier molecular flexibility index (Phi) is 4.36. The number of aromatic nitrogens is 2. The molecule has 0 aliphatic rings. The lowest BCUT2D eigenvalue weighted by Gasteiger charge is -2.07. The molecule has 0 saturated carbocycles. The van der Waals surface area contributed by atoms with Crippen LogP contribution >= 0.6 is 0 Å². The summed E-state index contributed by atoms with van der Waals surface area (Å²) in [6.45, 7) is 4.48. The molecule has 0 bridgehead atoms. The Hall–Kier alpha value is -1.81. The number of aryl methyl sites for hydroxylation is 1. The predicted molar refractivity (Wildman–Crippen MR) is 71.4 cm³/mol. The van der Waals surface area contributed by atoms with Crippen LogP contribution in [0.2, 0.25) is 0 Å². The molecule has 2 aromatic rings. The summed E-state index contributed by atoms with van der Waals surface area (Å²) in [7, 11) is 1.96. The van der Waals surface area contributed by atoms with E-state index < -0.39 is 0 Å². The van der Waals surface area contributed by atoms with E-state index in [1.54, 1.807) is 6.20 Å². The number of hydrogen-bond acceptors (Lipinski definition) is 3. The molecule has 2 rings (SSSR count). The van der Waals surface area contributed by atoms with Crippen LogP contribution in [0.5, 0.6) is 5.75 Å². The fourth-order valence-corrected chi connectivity index (χ4v) is 1.66. The second-order valence-corrected chi connectivity index (χ2v) is 4.17. The zero-order chi connectivity index (χ0) is 12.8. The highest BCUT2D eigenvalue weighted by atomic mass is 16.5. The van der Waals surface area contributed by atoms with Crippen LogP contribution in [-0.4, -0.2) is 16.1 Å². The summed E-state index contributed by atoms with van der Waals surface area (Å²) in [5.41, 5.74) is 1.26. The average molecular weight is 245 g/mol. The van der Waals surface area contributed by atoms with E-state index in [0.717, 1.165) is 24.7 Å². The van der Waals surface area contributed by atoms with E-state index in [4.69, 9.17) is 4.74 Å². The number of nitrogens with zero attached hydrogens (tertiary/aromatic N) is 2. The Morgan fingerprint density at radius 2 is 2.06 bits per heavy atom. The Labute approximate surface area is 108 Å². The standard InChI is InChI=1S/C14H19N3O/c1-3-15-10-12-4-6-13(7-5-12)18-11-14-16-8-9-17(14)2/h4-9,15H,3,10-11H2,1-2H3. The number of ether oxygens (including phenoxy) is 1. The van der Waals surface area contributed by atoms with Gasteiger partial charge in [-0.15, -0.1) is 0 Å². The molecule has 0 radical (unpaired) electrons. The Bertz CT molecular complexity index is 476. The molecule has 0 aliphatic heterocycles. The van der Waals surface area contributed by atoms with Crippen LogP contribution in [0.3, 0.4) is 0 Å². The van der Waals surface area contributed by atoms with Gasteiger partial charge in [-0.05, 0) is 24.2 Å². The van der Waals surface area contributed by atoms with E-state index in [0.29, 0.717) is 6.61 Å². The molecule has 0 spiro atoms. The minimum absolute atomic E-state index is 0.496. The van der Waals surface area contributed by atoms with Gasteiger partial charge in [0.25, 0.3) is 0 Å². The summed E-state index contributed by atoms with van der Waals surface area (Å²) in [6.07, 6.45) is 3.69. The normalized spacial score (nSPS) is 10.6. The van der Waals surface area contributed by atoms with Crippen molar-refractivity contribution in [2.75, 3.05) is 6.54 Å². The maximum Gasteiger partial charge on any atom is 0.146 e. The van der Waals surface area contributed by atoms with Crippen molar-refractivity contribution >= 4 is 0 Å². The molecule has 0 unspecified atom stereocenters. The molecular formula is C14H19N3O. The average Bonchev–Trinajstić information content (AvgIpc) is 2.81. The molecule has 96 valence electrons. The van der Waals surface area contributed by atoms with Crippen molar-refractivity contribution in [1.82, 2.24) is 14.9 Å². The first-order valence-corrected chi connectivity index (χ1v) is 6.18. The van der Waals surface area contributed by atoms with E-state index in [1.807, 2.05) is 29.9 Å². The van der Waals surface area contributed by atoms with Gasteiger partial charge in [0.1, 0.15) is 18.2 Å². The van der Waals surface area contributed by atoms with Crippen molar-refractivity contribution in [1.29, 1.82) is 0 Å². The molecule has 0 atom stereocenters. The van der Waals surface area contributed by atoms with Gasteiger partial charge in [-0.2, -0.15) is 0 Å². The predicted octanol–water partition coefficient (Wildman–Crippen LogP) is 2.11. The molecule has 1 N–H and O–H groups in total. The van der Waals surface area contributed by atoms with Crippen molar-refractivity contribution < 1.29 is 4.74 Å². The van der Waals surface area contributed by atoms with Gasteiger partial charge >= 0.3 is 0 Å². The number of nitrogens with one attached hydrogen (secondary N) is 1. The third kappa shape index (κ3) is 3.34. The largest absolute Gasteiger partial charge is 0.486 e. The highest BCUT2D eigenvalue weighted by Crippen LogP contribution is 2.13. The molecule has 0 fully saturated rings. The molecule has 1 aromatic heterocycles. The second kappa shape index (κ2) is 6.21. The van der Waals surface area contributed by atoms with Gasteiger partial charge < -0.3 is 14.6 Å². The molecule has 0 amide bonds. The zero-order valence-corrected chi connectivity index (χ0v) is 10.9. The van der Waals surface area contributed by atoms with Crippen LogP contribution in [0, 0.1) is 0 Å². The number of hydrogen-bond donors (Lipinski definition) is 1. The van der Waals surface area contributed by atoms with Crippen LogP contribution in [0.4, 0.5) is 0 Å². The van der Waals surface area contributed by atoms with Gasteiger partial charge in [0, 0.05) is 26.0 Å². The Morgan fingerprint density at radius 1 is 1.28 bits per heavy atom.